The number of hydrogen-bond acceptors (Lipinski definition) is 3. The SMILES string of the molecule is O=C(O)[C@@H]1CCCNCN1. The third-order valence-electron chi connectivity index (χ3n) is 1.62. The van der Waals surface area contributed by atoms with Gasteiger partial charge in [0.05, 0.1) is 0 Å². The normalized spacial score (nSPS) is 27.4. The molecule has 0 aromatic rings. The molecule has 1 saturated heterocycles. The molecule has 0 radical (unpaired) electrons. The van der Waals surface area contributed by atoms with Crippen LogP contribution in [-0.2, 0) is 4.79 Å². The van der Waals surface area contributed by atoms with Gasteiger partial charge < -0.3 is 10.4 Å². The lowest BCUT2D eigenvalue weighted by atomic mass is 10.2. The molecule has 0 unspecified atom stereocenters. The van der Waals surface area contributed by atoms with Gasteiger partial charge >= 0.3 is 5.97 Å². The number of aliphatic carboxylic acids is 1. The summed E-state index contributed by atoms with van der Waals surface area (Å²) >= 11 is 0. The van der Waals surface area contributed by atoms with Crippen LogP contribution in [0.25, 0.3) is 0 Å². The fourth-order valence-corrected chi connectivity index (χ4v) is 1.03. The van der Waals surface area contributed by atoms with Crippen LogP contribution in [0.3, 0.4) is 0 Å². The van der Waals surface area contributed by atoms with E-state index in [2.05, 4.69) is 10.6 Å². The van der Waals surface area contributed by atoms with Crippen molar-refractivity contribution in [3.8, 4) is 0 Å². The first kappa shape index (κ1) is 7.50. The molecular formula is C6H12N2O2. The minimum Gasteiger partial charge on any atom is -0.480 e. The summed E-state index contributed by atoms with van der Waals surface area (Å²) in [7, 11) is 0. The highest BCUT2D eigenvalue weighted by Gasteiger charge is 2.17. The van der Waals surface area contributed by atoms with Gasteiger partial charge in [-0.1, -0.05) is 0 Å². The number of carboxylic acids is 1. The number of carboxylic acid groups (broad SMARTS) is 1. The summed E-state index contributed by atoms with van der Waals surface area (Å²) in [5.74, 6) is -0.747. The standard InChI is InChI=1S/C6H12N2O2/c9-6(10)5-2-1-3-7-4-8-5/h5,7-8H,1-4H2,(H,9,10)/t5-/m0/s1. The van der Waals surface area contributed by atoms with Gasteiger partial charge in [0.25, 0.3) is 0 Å². The second-order valence-electron chi connectivity index (χ2n) is 2.41. The van der Waals surface area contributed by atoms with Crippen molar-refractivity contribution in [1.82, 2.24) is 10.6 Å². The van der Waals surface area contributed by atoms with E-state index >= 15 is 0 Å². The van der Waals surface area contributed by atoms with Gasteiger partial charge in [0.15, 0.2) is 0 Å². The lowest BCUT2D eigenvalue weighted by Gasteiger charge is -2.08. The summed E-state index contributed by atoms with van der Waals surface area (Å²) in [6, 6.07) is -0.352. The van der Waals surface area contributed by atoms with Crippen LogP contribution >= 0.6 is 0 Å². The van der Waals surface area contributed by atoms with Crippen molar-refractivity contribution in [2.75, 3.05) is 13.2 Å². The molecule has 1 aliphatic rings. The van der Waals surface area contributed by atoms with E-state index in [9.17, 15) is 4.79 Å². The molecule has 1 heterocycles. The summed E-state index contributed by atoms with van der Waals surface area (Å²) < 4.78 is 0. The van der Waals surface area contributed by atoms with Crippen molar-refractivity contribution in [2.24, 2.45) is 0 Å². The van der Waals surface area contributed by atoms with Crippen LogP contribution in [0.5, 0.6) is 0 Å². The average molecular weight is 144 g/mol. The van der Waals surface area contributed by atoms with E-state index in [1.807, 2.05) is 0 Å². The maximum atomic E-state index is 10.4. The second-order valence-corrected chi connectivity index (χ2v) is 2.41. The molecule has 3 N–H and O–H groups in total. The van der Waals surface area contributed by atoms with E-state index in [0.717, 1.165) is 19.4 Å². The van der Waals surface area contributed by atoms with Crippen LogP contribution in [-0.4, -0.2) is 30.3 Å². The quantitative estimate of drug-likeness (QED) is 0.458. The molecule has 1 fully saturated rings. The third kappa shape index (κ3) is 1.97. The Kier molecular flexibility index (Phi) is 2.65. The zero-order valence-corrected chi connectivity index (χ0v) is 5.76. The zero-order chi connectivity index (χ0) is 7.40. The molecule has 0 aromatic carbocycles. The smallest absolute Gasteiger partial charge is 0.320 e. The van der Waals surface area contributed by atoms with Gasteiger partial charge in [0.2, 0.25) is 0 Å². The molecule has 4 heteroatoms. The lowest BCUT2D eigenvalue weighted by molar-refractivity contribution is -0.139. The Hall–Kier alpha value is -0.610. The number of hydrogen-bond donors (Lipinski definition) is 3. The molecule has 0 bridgehead atoms. The van der Waals surface area contributed by atoms with Gasteiger partial charge in [-0.2, -0.15) is 0 Å². The molecule has 0 amide bonds. The number of rotatable bonds is 1. The van der Waals surface area contributed by atoms with E-state index in [1.54, 1.807) is 0 Å². The van der Waals surface area contributed by atoms with Crippen molar-refractivity contribution in [3.63, 3.8) is 0 Å². The summed E-state index contributed by atoms with van der Waals surface area (Å²) in [6.45, 7) is 1.52. The number of carbonyl (C=O) groups is 1. The maximum absolute atomic E-state index is 10.4. The van der Waals surface area contributed by atoms with E-state index in [1.165, 1.54) is 0 Å². The van der Waals surface area contributed by atoms with E-state index in [0.29, 0.717) is 6.67 Å². The summed E-state index contributed by atoms with van der Waals surface area (Å²) in [5.41, 5.74) is 0. The maximum Gasteiger partial charge on any atom is 0.320 e. The first-order valence-corrected chi connectivity index (χ1v) is 3.47. The van der Waals surface area contributed by atoms with Gasteiger partial charge in [0, 0.05) is 6.67 Å². The second kappa shape index (κ2) is 3.53. The molecule has 0 aromatic heterocycles. The first-order valence-electron chi connectivity index (χ1n) is 3.47. The van der Waals surface area contributed by atoms with Crippen molar-refractivity contribution in [3.05, 3.63) is 0 Å². The Labute approximate surface area is 59.6 Å². The first-order chi connectivity index (χ1) is 4.80. The molecule has 4 nitrogen and oxygen atoms in total. The predicted molar refractivity (Wildman–Crippen MR) is 36.7 cm³/mol. The molecule has 1 aliphatic heterocycles. The van der Waals surface area contributed by atoms with Crippen molar-refractivity contribution < 1.29 is 9.90 Å². The van der Waals surface area contributed by atoms with Gasteiger partial charge in [-0.15, -0.1) is 0 Å². The Balaban J connectivity index is 2.35. The van der Waals surface area contributed by atoms with Crippen LogP contribution in [0.4, 0.5) is 0 Å². The van der Waals surface area contributed by atoms with Gasteiger partial charge in [0.1, 0.15) is 6.04 Å². The monoisotopic (exact) mass is 144 g/mol. The molecule has 58 valence electrons. The third-order valence-corrected chi connectivity index (χ3v) is 1.62. The van der Waals surface area contributed by atoms with Crippen LogP contribution in [0.15, 0.2) is 0 Å². The van der Waals surface area contributed by atoms with Crippen molar-refractivity contribution >= 4 is 5.97 Å². The largest absolute Gasteiger partial charge is 0.480 e. The van der Waals surface area contributed by atoms with E-state index in [4.69, 9.17) is 5.11 Å². The highest BCUT2D eigenvalue weighted by molar-refractivity contribution is 5.73. The minimum absolute atomic E-state index is 0.352. The predicted octanol–water partition coefficient (Wildman–Crippen LogP) is -0.630. The summed E-state index contributed by atoms with van der Waals surface area (Å²) in [5, 5.41) is 14.5. The van der Waals surface area contributed by atoms with Gasteiger partial charge in [-0.3, -0.25) is 10.1 Å². The zero-order valence-electron chi connectivity index (χ0n) is 5.76. The molecule has 10 heavy (non-hydrogen) atoms. The fraction of sp³-hybridized carbons (Fsp3) is 0.833. The van der Waals surface area contributed by atoms with Gasteiger partial charge in [-0.25, -0.2) is 0 Å². The highest BCUT2D eigenvalue weighted by atomic mass is 16.4. The van der Waals surface area contributed by atoms with Gasteiger partial charge in [-0.05, 0) is 19.4 Å². The molecule has 0 saturated carbocycles. The highest BCUT2D eigenvalue weighted by Crippen LogP contribution is 1.98. The van der Waals surface area contributed by atoms with Crippen LogP contribution in [0.2, 0.25) is 0 Å². The molecule has 0 spiro atoms. The fourth-order valence-electron chi connectivity index (χ4n) is 1.03. The summed E-state index contributed by atoms with van der Waals surface area (Å²) in [6.07, 6.45) is 1.66. The average Bonchev–Trinajstić information content (AvgIpc) is 2.12. The Morgan fingerprint density at radius 2 is 2.40 bits per heavy atom. The topological polar surface area (TPSA) is 61.4 Å². The van der Waals surface area contributed by atoms with Crippen molar-refractivity contribution in [2.45, 2.75) is 18.9 Å². The molecule has 1 atom stereocenters. The van der Waals surface area contributed by atoms with E-state index in [-0.39, 0.29) is 6.04 Å². The Bertz CT molecular complexity index is 119. The Morgan fingerprint density at radius 1 is 1.60 bits per heavy atom. The summed E-state index contributed by atoms with van der Waals surface area (Å²) in [4.78, 5) is 10.4. The van der Waals surface area contributed by atoms with E-state index < -0.39 is 5.97 Å². The Morgan fingerprint density at radius 3 is 3.10 bits per heavy atom. The molecule has 0 aliphatic carbocycles. The number of nitrogens with one attached hydrogen (secondary N) is 2. The van der Waals surface area contributed by atoms with Crippen molar-refractivity contribution in [1.29, 1.82) is 0 Å². The minimum atomic E-state index is -0.747. The molecular weight excluding hydrogens is 132 g/mol. The van der Waals surface area contributed by atoms with Crippen LogP contribution < -0.4 is 10.6 Å². The molecule has 1 rings (SSSR count). The lowest BCUT2D eigenvalue weighted by Crippen LogP contribution is -2.38. The van der Waals surface area contributed by atoms with Crippen LogP contribution in [0, 0.1) is 0 Å². The van der Waals surface area contributed by atoms with Crippen LogP contribution in [0.1, 0.15) is 12.8 Å².